The number of unbranched alkanes of at least 4 members (excludes halogenated alkanes) is 2. The molecular weight excluding hydrogens is 316 g/mol. The molecule has 1 atom stereocenters. The lowest BCUT2D eigenvalue weighted by Crippen LogP contribution is -2.44. The molecule has 1 aliphatic heterocycles. The van der Waals surface area contributed by atoms with Crippen molar-refractivity contribution in [2.75, 3.05) is 13.6 Å². The van der Waals surface area contributed by atoms with Gasteiger partial charge >= 0.3 is 0 Å². The number of aromatic nitrogens is 2. The van der Waals surface area contributed by atoms with Crippen molar-refractivity contribution in [3.63, 3.8) is 0 Å². The van der Waals surface area contributed by atoms with Gasteiger partial charge in [0.2, 0.25) is 5.91 Å². The fourth-order valence-corrected chi connectivity index (χ4v) is 3.61. The summed E-state index contributed by atoms with van der Waals surface area (Å²) in [5.74, 6) is 0.156. The van der Waals surface area contributed by atoms with E-state index >= 15 is 0 Å². The number of nitrogens with one attached hydrogen (secondary N) is 1. The van der Waals surface area contributed by atoms with Gasteiger partial charge in [0.25, 0.3) is 5.91 Å². The molecule has 1 aromatic rings. The largest absolute Gasteiger partial charge is 0.353 e. The maximum atomic E-state index is 12.7. The maximum Gasteiger partial charge on any atom is 0.274 e. The van der Waals surface area contributed by atoms with Crippen molar-refractivity contribution in [3.8, 4) is 0 Å². The van der Waals surface area contributed by atoms with Crippen LogP contribution in [-0.4, -0.2) is 45.9 Å². The van der Waals surface area contributed by atoms with Crippen LogP contribution in [0.15, 0.2) is 6.33 Å². The van der Waals surface area contributed by atoms with Crippen LogP contribution in [0.25, 0.3) is 0 Å². The summed E-state index contributed by atoms with van der Waals surface area (Å²) >= 11 is 0. The number of imidazole rings is 1. The first-order chi connectivity index (χ1) is 12.1. The quantitative estimate of drug-likeness (QED) is 0.771. The van der Waals surface area contributed by atoms with Crippen LogP contribution < -0.4 is 5.32 Å². The Morgan fingerprint density at radius 1 is 1.32 bits per heavy atom. The summed E-state index contributed by atoms with van der Waals surface area (Å²) in [6, 6.07) is 0.380. The Kier molecular flexibility index (Phi) is 5.76. The van der Waals surface area contributed by atoms with Gasteiger partial charge in [-0.1, -0.05) is 19.8 Å². The SMILES string of the molecule is CCCCCN(C)C(=O)c1ncn2c1CCC(C(=O)NC1CCC1)C2. The summed E-state index contributed by atoms with van der Waals surface area (Å²) in [6.07, 6.45) is 10.0. The third kappa shape index (κ3) is 4.05. The average molecular weight is 346 g/mol. The molecule has 1 saturated carbocycles. The van der Waals surface area contributed by atoms with E-state index in [1.165, 1.54) is 6.42 Å². The second kappa shape index (κ2) is 8.02. The van der Waals surface area contributed by atoms with Gasteiger partial charge in [0.05, 0.1) is 17.9 Å². The van der Waals surface area contributed by atoms with E-state index in [1.54, 1.807) is 11.2 Å². The Balaban J connectivity index is 1.59. The van der Waals surface area contributed by atoms with E-state index in [0.29, 0.717) is 18.3 Å². The van der Waals surface area contributed by atoms with Crippen LogP contribution in [0.3, 0.4) is 0 Å². The van der Waals surface area contributed by atoms with Crippen molar-refractivity contribution in [2.24, 2.45) is 5.92 Å². The molecule has 0 radical (unpaired) electrons. The predicted octanol–water partition coefficient (Wildman–Crippen LogP) is 2.38. The monoisotopic (exact) mass is 346 g/mol. The molecule has 25 heavy (non-hydrogen) atoms. The third-order valence-electron chi connectivity index (χ3n) is 5.56. The molecule has 2 aliphatic rings. The summed E-state index contributed by atoms with van der Waals surface area (Å²) < 4.78 is 2.00. The Morgan fingerprint density at radius 2 is 2.12 bits per heavy atom. The van der Waals surface area contributed by atoms with Gasteiger partial charge in [-0.25, -0.2) is 4.98 Å². The van der Waals surface area contributed by atoms with Crippen molar-refractivity contribution in [3.05, 3.63) is 17.7 Å². The fraction of sp³-hybridized carbons (Fsp3) is 0.737. The molecule has 6 nitrogen and oxygen atoms in total. The van der Waals surface area contributed by atoms with Crippen LogP contribution in [0.5, 0.6) is 0 Å². The Morgan fingerprint density at radius 3 is 2.80 bits per heavy atom. The van der Waals surface area contributed by atoms with Crippen LogP contribution in [0.4, 0.5) is 0 Å². The first-order valence-electron chi connectivity index (χ1n) is 9.70. The van der Waals surface area contributed by atoms with Crippen molar-refractivity contribution >= 4 is 11.8 Å². The number of nitrogens with zero attached hydrogens (tertiary/aromatic N) is 3. The maximum absolute atomic E-state index is 12.7. The van der Waals surface area contributed by atoms with Gasteiger partial charge in [-0.05, 0) is 38.5 Å². The van der Waals surface area contributed by atoms with E-state index in [0.717, 1.165) is 57.2 Å². The van der Waals surface area contributed by atoms with Crippen molar-refractivity contribution in [2.45, 2.75) is 70.9 Å². The molecular formula is C19H30N4O2. The van der Waals surface area contributed by atoms with E-state index in [4.69, 9.17) is 0 Å². The summed E-state index contributed by atoms with van der Waals surface area (Å²) in [5.41, 5.74) is 1.55. The fourth-order valence-electron chi connectivity index (χ4n) is 3.61. The van der Waals surface area contributed by atoms with Gasteiger partial charge in [-0.15, -0.1) is 0 Å². The minimum atomic E-state index is -0.00691. The topological polar surface area (TPSA) is 67.2 Å². The number of rotatable bonds is 7. The van der Waals surface area contributed by atoms with Gasteiger partial charge < -0.3 is 14.8 Å². The van der Waals surface area contributed by atoms with E-state index in [9.17, 15) is 9.59 Å². The molecule has 2 amide bonds. The third-order valence-corrected chi connectivity index (χ3v) is 5.56. The number of carbonyl (C=O) groups excluding carboxylic acids is 2. The molecule has 1 N–H and O–H groups in total. The number of fused-ring (bicyclic) bond motifs is 1. The lowest BCUT2D eigenvalue weighted by Gasteiger charge is -2.30. The van der Waals surface area contributed by atoms with Gasteiger partial charge in [-0.2, -0.15) is 0 Å². The van der Waals surface area contributed by atoms with Gasteiger partial charge in [-0.3, -0.25) is 9.59 Å². The highest BCUT2D eigenvalue weighted by molar-refractivity contribution is 5.93. The standard InChI is InChI=1S/C19H30N4O2/c1-3-4-5-11-22(2)19(25)17-16-10-9-14(12-23(16)13-20-17)18(24)21-15-7-6-8-15/h13-15H,3-12H2,1-2H3,(H,21,24). The minimum Gasteiger partial charge on any atom is -0.353 e. The average Bonchev–Trinajstić information content (AvgIpc) is 3.00. The van der Waals surface area contributed by atoms with Gasteiger partial charge in [0, 0.05) is 26.2 Å². The highest BCUT2D eigenvalue weighted by Crippen LogP contribution is 2.25. The Hall–Kier alpha value is -1.85. The molecule has 138 valence electrons. The number of carbonyl (C=O) groups is 2. The lowest BCUT2D eigenvalue weighted by atomic mass is 9.91. The van der Waals surface area contributed by atoms with E-state index < -0.39 is 0 Å². The molecule has 0 spiro atoms. The van der Waals surface area contributed by atoms with Gasteiger partial charge in [0.1, 0.15) is 5.69 Å². The minimum absolute atomic E-state index is 0.00206. The molecule has 2 heterocycles. The van der Waals surface area contributed by atoms with E-state index in [-0.39, 0.29) is 17.7 Å². The molecule has 0 aromatic carbocycles. The second-order valence-electron chi connectivity index (χ2n) is 7.50. The lowest BCUT2D eigenvalue weighted by molar-refractivity contribution is -0.127. The normalized spacial score (nSPS) is 19.8. The van der Waals surface area contributed by atoms with E-state index in [1.807, 2.05) is 11.6 Å². The molecule has 1 aliphatic carbocycles. The number of hydrogen-bond acceptors (Lipinski definition) is 3. The highest BCUT2D eigenvalue weighted by atomic mass is 16.2. The zero-order valence-corrected chi connectivity index (χ0v) is 15.5. The molecule has 0 saturated heterocycles. The molecule has 1 unspecified atom stereocenters. The Labute approximate surface area is 150 Å². The summed E-state index contributed by atoms with van der Waals surface area (Å²) in [5, 5.41) is 3.15. The highest BCUT2D eigenvalue weighted by Gasteiger charge is 2.31. The summed E-state index contributed by atoms with van der Waals surface area (Å²) in [4.78, 5) is 31.2. The molecule has 1 aromatic heterocycles. The molecule has 0 bridgehead atoms. The van der Waals surface area contributed by atoms with E-state index in [2.05, 4.69) is 17.2 Å². The molecule has 1 fully saturated rings. The van der Waals surface area contributed by atoms with Crippen LogP contribution in [0.1, 0.15) is 68.1 Å². The first kappa shape index (κ1) is 18.0. The Bertz CT molecular complexity index is 621. The van der Waals surface area contributed by atoms with Crippen molar-refractivity contribution < 1.29 is 9.59 Å². The molecule has 3 rings (SSSR count). The smallest absolute Gasteiger partial charge is 0.274 e. The van der Waals surface area contributed by atoms with Crippen molar-refractivity contribution in [1.82, 2.24) is 19.8 Å². The second-order valence-corrected chi connectivity index (χ2v) is 7.50. The summed E-state index contributed by atoms with van der Waals surface area (Å²) in [6.45, 7) is 3.56. The number of amides is 2. The van der Waals surface area contributed by atoms with Crippen LogP contribution in [-0.2, 0) is 17.8 Å². The zero-order chi connectivity index (χ0) is 17.8. The van der Waals surface area contributed by atoms with Crippen LogP contribution >= 0.6 is 0 Å². The number of hydrogen-bond donors (Lipinski definition) is 1. The summed E-state index contributed by atoms with van der Waals surface area (Å²) in [7, 11) is 1.85. The first-order valence-corrected chi connectivity index (χ1v) is 9.70. The van der Waals surface area contributed by atoms with Gasteiger partial charge in [0.15, 0.2) is 0 Å². The molecule has 6 heteroatoms. The van der Waals surface area contributed by atoms with Crippen LogP contribution in [0.2, 0.25) is 0 Å². The zero-order valence-electron chi connectivity index (χ0n) is 15.5. The van der Waals surface area contributed by atoms with Crippen molar-refractivity contribution in [1.29, 1.82) is 0 Å². The van der Waals surface area contributed by atoms with Crippen LogP contribution in [0, 0.1) is 5.92 Å². The predicted molar refractivity (Wildman–Crippen MR) is 96.3 cm³/mol.